The largest absolute Gasteiger partial charge is 0.311 e. The Morgan fingerprint density at radius 1 is 0.541 bits per heavy atom. The first-order chi connectivity index (χ1) is 28.4. The second-order valence-corrected chi connectivity index (χ2v) is 25.2. The van der Waals surface area contributed by atoms with Crippen molar-refractivity contribution >= 4 is 78.0 Å². The zero-order valence-electron chi connectivity index (χ0n) is 39.8. The van der Waals surface area contributed by atoms with Crippen LogP contribution in [0.3, 0.4) is 0 Å². The molecule has 6 aromatic rings. The fraction of sp³-hybridized carbons (Fsp3) is 0.439. The van der Waals surface area contributed by atoms with Crippen LogP contribution < -0.4 is 25.5 Å². The third kappa shape index (κ3) is 6.07. The Hall–Kier alpha value is -4.28. The van der Waals surface area contributed by atoms with Crippen molar-refractivity contribution < 1.29 is 0 Å². The Morgan fingerprint density at radius 2 is 1.11 bits per heavy atom. The number of hydrogen-bond donors (Lipinski definition) is 0. The fourth-order valence-electron chi connectivity index (χ4n) is 11.7. The molecule has 4 aliphatic rings. The Morgan fingerprint density at radius 3 is 1.74 bits per heavy atom. The van der Waals surface area contributed by atoms with E-state index in [1.165, 1.54) is 125 Å². The van der Waals surface area contributed by atoms with Crippen molar-refractivity contribution in [3.05, 3.63) is 124 Å². The number of rotatable bonds is 2. The number of nitrogens with zero attached hydrogens (tertiary/aromatic N) is 2. The molecule has 61 heavy (non-hydrogen) atoms. The summed E-state index contributed by atoms with van der Waals surface area (Å²) in [7, 11) is 0. The zero-order chi connectivity index (χ0) is 43.6. The molecule has 10 rings (SSSR count). The summed E-state index contributed by atoms with van der Waals surface area (Å²) in [5.41, 5.74) is 21.3. The Kier molecular flexibility index (Phi) is 8.63. The van der Waals surface area contributed by atoms with E-state index in [9.17, 15) is 0 Å². The van der Waals surface area contributed by atoms with E-state index in [0.29, 0.717) is 0 Å². The monoisotopic (exact) mass is 823 g/mol. The van der Waals surface area contributed by atoms with Gasteiger partial charge in [-0.1, -0.05) is 133 Å². The van der Waals surface area contributed by atoms with Gasteiger partial charge in [0.15, 0.2) is 0 Å². The molecule has 4 heteroatoms. The molecule has 1 aromatic heterocycles. The summed E-state index contributed by atoms with van der Waals surface area (Å²) in [5.74, 6) is 0. The number of hydrogen-bond acceptors (Lipinski definition) is 3. The average molecular weight is 823 g/mol. The molecule has 5 aromatic carbocycles. The first-order valence-corrected chi connectivity index (χ1v) is 24.0. The molecule has 0 saturated carbocycles. The lowest BCUT2D eigenvalue weighted by molar-refractivity contribution is 0.332. The summed E-state index contributed by atoms with van der Waals surface area (Å²) < 4.78 is 2.83. The molecule has 0 unspecified atom stereocenters. The minimum absolute atomic E-state index is 0.0293. The zero-order valence-corrected chi connectivity index (χ0v) is 40.6. The quantitative estimate of drug-likeness (QED) is 0.160. The van der Waals surface area contributed by atoms with Gasteiger partial charge < -0.3 is 9.80 Å². The van der Waals surface area contributed by atoms with Gasteiger partial charge in [-0.3, -0.25) is 0 Å². The molecule has 2 nitrogen and oxygen atoms in total. The third-order valence-corrected chi connectivity index (χ3v) is 16.9. The van der Waals surface area contributed by atoms with Crippen molar-refractivity contribution in [1.29, 1.82) is 0 Å². The molecule has 0 saturated heterocycles. The summed E-state index contributed by atoms with van der Waals surface area (Å²) >= 11 is 2.03. The van der Waals surface area contributed by atoms with Crippen LogP contribution in [0.1, 0.15) is 162 Å². The van der Waals surface area contributed by atoms with Gasteiger partial charge in [-0.25, -0.2) is 0 Å². The Balaban J connectivity index is 1.36. The van der Waals surface area contributed by atoms with Crippen molar-refractivity contribution in [2.75, 3.05) is 9.80 Å². The second-order valence-electron chi connectivity index (χ2n) is 24.1. The Labute approximate surface area is 371 Å². The normalized spacial score (nSPS) is 19.2. The van der Waals surface area contributed by atoms with Crippen LogP contribution in [0, 0.1) is 6.92 Å². The molecule has 3 heterocycles. The van der Waals surface area contributed by atoms with E-state index in [1.807, 2.05) is 11.3 Å². The minimum Gasteiger partial charge on any atom is -0.311 e. The highest BCUT2D eigenvalue weighted by Crippen LogP contribution is 2.54. The fourth-order valence-corrected chi connectivity index (χ4v) is 13.0. The summed E-state index contributed by atoms with van der Waals surface area (Å²) in [4.78, 5) is 5.41. The number of benzene rings is 5. The molecule has 314 valence electrons. The molecule has 0 spiro atoms. The van der Waals surface area contributed by atoms with Crippen molar-refractivity contribution in [3.63, 3.8) is 0 Å². The third-order valence-electron chi connectivity index (χ3n) is 15.7. The Bertz CT molecular complexity index is 2820. The van der Waals surface area contributed by atoms with Crippen molar-refractivity contribution in [3.8, 4) is 0 Å². The van der Waals surface area contributed by atoms with Crippen LogP contribution in [0.4, 0.5) is 34.1 Å². The van der Waals surface area contributed by atoms with Crippen molar-refractivity contribution in [2.45, 2.75) is 162 Å². The number of aryl methyl sites for hydroxylation is 1. The van der Waals surface area contributed by atoms with Crippen LogP contribution in [0.15, 0.2) is 84.9 Å². The average Bonchev–Trinajstić information content (AvgIpc) is 3.55. The van der Waals surface area contributed by atoms with Gasteiger partial charge in [0.1, 0.15) is 0 Å². The number of fused-ring (bicyclic) bond motifs is 8. The van der Waals surface area contributed by atoms with Crippen LogP contribution in [-0.4, -0.2) is 6.71 Å². The maximum Gasteiger partial charge on any atom is 0.264 e. The summed E-state index contributed by atoms with van der Waals surface area (Å²) in [6.45, 7) is 36.4. The van der Waals surface area contributed by atoms with Gasteiger partial charge in [0.25, 0.3) is 6.71 Å². The summed E-state index contributed by atoms with van der Waals surface area (Å²) in [5, 5.41) is 1.37. The van der Waals surface area contributed by atoms with E-state index in [1.54, 1.807) is 0 Å². The van der Waals surface area contributed by atoms with E-state index < -0.39 is 0 Å². The van der Waals surface area contributed by atoms with Gasteiger partial charge in [-0.2, -0.15) is 0 Å². The number of para-hydroxylation sites is 1. The van der Waals surface area contributed by atoms with Crippen LogP contribution >= 0.6 is 11.3 Å². The lowest BCUT2D eigenvalue weighted by atomic mass is 9.35. The highest BCUT2D eigenvalue weighted by molar-refractivity contribution is 7.33. The second kappa shape index (κ2) is 12.9. The van der Waals surface area contributed by atoms with Crippen molar-refractivity contribution in [1.82, 2.24) is 0 Å². The highest BCUT2D eigenvalue weighted by Gasteiger charge is 2.49. The molecule has 0 atom stereocenters. The lowest BCUT2D eigenvalue weighted by Gasteiger charge is -2.47. The molecular formula is C57H67BN2S. The smallest absolute Gasteiger partial charge is 0.264 e. The van der Waals surface area contributed by atoms with Gasteiger partial charge in [0.2, 0.25) is 0 Å². The van der Waals surface area contributed by atoms with Crippen LogP contribution in [0.25, 0.3) is 10.1 Å². The van der Waals surface area contributed by atoms with E-state index in [0.717, 1.165) is 0 Å². The summed E-state index contributed by atoms with van der Waals surface area (Å²) in [6.07, 6.45) is 4.79. The lowest BCUT2D eigenvalue weighted by Crippen LogP contribution is -2.61. The maximum absolute atomic E-state index is 2.71. The molecule has 0 bridgehead atoms. The van der Waals surface area contributed by atoms with Crippen LogP contribution in [0.5, 0.6) is 0 Å². The molecule has 0 amide bonds. The molecule has 2 aliphatic carbocycles. The molecule has 0 fully saturated rings. The first kappa shape index (κ1) is 40.8. The molecule has 0 radical (unpaired) electrons. The predicted octanol–water partition coefficient (Wildman–Crippen LogP) is 14.6. The standard InChI is InChI=1S/C57H67BN2S/c1-34-28-46-49-47(29-34)60(44-19-17-16-18-39(44)53(5,6)7)50-37-30-35(52(2,3)4)20-23-48(37)61-51(50)58(49)43-32-41-42(57(14,15)27-26-56(41,12)13)33-45(43)59(46)36-21-22-38-40(31-36)55(10,11)25-24-54(38,8)9/h16-23,28-33H,24-27H2,1-15H3. The maximum atomic E-state index is 2.71. The minimum atomic E-state index is -0.0559. The highest BCUT2D eigenvalue weighted by atomic mass is 32.1. The van der Waals surface area contributed by atoms with Gasteiger partial charge in [0.05, 0.1) is 5.69 Å². The topological polar surface area (TPSA) is 6.48 Å². The molecule has 2 aliphatic heterocycles. The van der Waals surface area contributed by atoms with Crippen molar-refractivity contribution in [2.24, 2.45) is 0 Å². The van der Waals surface area contributed by atoms with Gasteiger partial charge in [-0.15, -0.1) is 11.3 Å². The predicted molar refractivity (Wildman–Crippen MR) is 269 cm³/mol. The summed E-state index contributed by atoms with van der Waals surface area (Å²) in [6, 6.07) is 34.5. The van der Waals surface area contributed by atoms with E-state index >= 15 is 0 Å². The SMILES string of the molecule is Cc1cc2c3c(c1)N(c1ccccc1C(C)(C)C)c1c(sc4ccc(C(C)(C)C)cc14)B3c1cc3c(cc1N2c1ccc2c(c1)C(C)(C)CCC2(C)C)C(C)(C)CCC3(C)C. The first-order valence-electron chi connectivity index (χ1n) is 23.1. The van der Waals surface area contributed by atoms with Crippen LogP contribution in [-0.2, 0) is 32.5 Å². The van der Waals surface area contributed by atoms with E-state index in [2.05, 4.69) is 199 Å². The van der Waals surface area contributed by atoms with E-state index in [-0.39, 0.29) is 39.2 Å². The number of thiophene rings is 1. The van der Waals surface area contributed by atoms with Crippen LogP contribution in [0.2, 0.25) is 0 Å². The molecular weight excluding hydrogens is 756 g/mol. The van der Waals surface area contributed by atoms with Gasteiger partial charge in [0, 0.05) is 43.3 Å². The molecule has 0 N–H and O–H groups in total. The van der Waals surface area contributed by atoms with Gasteiger partial charge in [-0.05, 0) is 163 Å². The number of anilines is 6. The van der Waals surface area contributed by atoms with E-state index in [4.69, 9.17) is 0 Å². The van der Waals surface area contributed by atoms with Gasteiger partial charge >= 0.3 is 0 Å².